The maximum absolute atomic E-state index is 11.8. The molecule has 0 aromatic heterocycles. The summed E-state index contributed by atoms with van der Waals surface area (Å²) < 4.78 is 0. The van der Waals surface area contributed by atoms with E-state index in [0.29, 0.717) is 19.4 Å². The lowest BCUT2D eigenvalue weighted by atomic mass is 9.95. The van der Waals surface area contributed by atoms with Crippen molar-refractivity contribution < 1.29 is 9.90 Å². The third-order valence-corrected chi connectivity index (χ3v) is 3.58. The molecule has 16 heavy (non-hydrogen) atoms. The van der Waals surface area contributed by atoms with Crippen LogP contribution < -0.4 is 10.6 Å². The molecule has 1 aliphatic heterocycles. The van der Waals surface area contributed by atoms with Crippen molar-refractivity contribution in [2.24, 2.45) is 5.92 Å². The van der Waals surface area contributed by atoms with Crippen LogP contribution in [0.4, 0.5) is 0 Å². The first-order valence-corrected chi connectivity index (χ1v) is 6.32. The predicted molar refractivity (Wildman–Crippen MR) is 64.1 cm³/mol. The smallest absolute Gasteiger partial charge is 0.224 e. The number of aliphatic hydroxyl groups is 1. The van der Waals surface area contributed by atoms with E-state index in [2.05, 4.69) is 10.6 Å². The van der Waals surface area contributed by atoms with Crippen molar-refractivity contribution in [3.05, 3.63) is 0 Å². The highest BCUT2D eigenvalue weighted by Gasteiger charge is 2.26. The summed E-state index contributed by atoms with van der Waals surface area (Å²) in [5.74, 6) is 0.152. The van der Waals surface area contributed by atoms with Gasteiger partial charge in [0.1, 0.15) is 0 Å². The van der Waals surface area contributed by atoms with Gasteiger partial charge in [0, 0.05) is 13.1 Å². The van der Waals surface area contributed by atoms with Crippen LogP contribution in [0.15, 0.2) is 0 Å². The van der Waals surface area contributed by atoms with E-state index in [0.717, 1.165) is 25.9 Å². The lowest BCUT2D eigenvalue weighted by Gasteiger charge is -2.28. The summed E-state index contributed by atoms with van der Waals surface area (Å²) in [5.41, 5.74) is -0.738. The van der Waals surface area contributed by atoms with Gasteiger partial charge in [-0.1, -0.05) is 13.8 Å². The number of piperidine rings is 1. The standard InChI is InChI=1S/C12H24N2O2/c1-3-12(16,4-2)9-14-11(15)10-6-5-7-13-8-10/h10,13,16H,3-9H2,1-2H3,(H,14,15)/t10-/m1/s1. The van der Waals surface area contributed by atoms with Crippen LogP contribution in [-0.4, -0.2) is 36.2 Å². The fourth-order valence-electron chi connectivity index (χ4n) is 1.97. The van der Waals surface area contributed by atoms with Crippen molar-refractivity contribution in [2.45, 2.75) is 45.1 Å². The summed E-state index contributed by atoms with van der Waals surface area (Å²) in [6, 6.07) is 0. The molecule has 4 heteroatoms. The van der Waals surface area contributed by atoms with Crippen molar-refractivity contribution in [1.29, 1.82) is 0 Å². The molecule has 4 nitrogen and oxygen atoms in total. The van der Waals surface area contributed by atoms with Crippen LogP contribution in [-0.2, 0) is 4.79 Å². The molecule has 1 heterocycles. The molecule has 0 aromatic carbocycles. The van der Waals surface area contributed by atoms with E-state index in [-0.39, 0.29) is 11.8 Å². The Labute approximate surface area is 97.8 Å². The van der Waals surface area contributed by atoms with Crippen LogP contribution >= 0.6 is 0 Å². The van der Waals surface area contributed by atoms with E-state index in [1.54, 1.807) is 0 Å². The topological polar surface area (TPSA) is 61.4 Å². The number of hydrogen-bond donors (Lipinski definition) is 3. The Kier molecular flexibility index (Phi) is 5.22. The van der Waals surface area contributed by atoms with Gasteiger partial charge in [-0.2, -0.15) is 0 Å². The molecule has 1 atom stereocenters. The first-order chi connectivity index (χ1) is 7.61. The van der Waals surface area contributed by atoms with Crippen molar-refractivity contribution in [2.75, 3.05) is 19.6 Å². The Morgan fingerprint density at radius 1 is 1.50 bits per heavy atom. The fourth-order valence-corrected chi connectivity index (χ4v) is 1.97. The van der Waals surface area contributed by atoms with Gasteiger partial charge in [0.2, 0.25) is 5.91 Å². The van der Waals surface area contributed by atoms with Gasteiger partial charge in [-0.25, -0.2) is 0 Å². The predicted octanol–water partition coefficient (Wildman–Crippen LogP) is 0.653. The summed E-state index contributed by atoms with van der Waals surface area (Å²) in [6.45, 7) is 6.03. The van der Waals surface area contributed by atoms with Gasteiger partial charge < -0.3 is 15.7 Å². The molecule has 1 rings (SSSR count). The van der Waals surface area contributed by atoms with Crippen molar-refractivity contribution in [1.82, 2.24) is 10.6 Å². The summed E-state index contributed by atoms with van der Waals surface area (Å²) in [7, 11) is 0. The molecular weight excluding hydrogens is 204 g/mol. The average molecular weight is 228 g/mol. The van der Waals surface area contributed by atoms with Gasteiger partial charge in [0.25, 0.3) is 0 Å². The average Bonchev–Trinajstić information content (AvgIpc) is 2.36. The van der Waals surface area contributed by atoms with E-state index in [1.807, 2.05) is 13.8 Å². The molecule has 1 aliphatic rings. The van der Waals surface area contributed by atoms with Gasteiger partial charge in [-0.05, 0) is 32.2 Å². The lowest BCUT2D eigenvalue weighted by molar-refractivity contribution is -0.126. The Hall–Kier alpha value is -0.610. The minimum atomic E-state index is -0.738. The Bertz CT molecular complexity index is 221. The monoisotopic (exact) mass is 228 g/mol. The molecule has 0 unspecified atom stereocenters. The van der Waals surface area contributed by atoms with Crippen molar-refractivity contribution >= 4 is 5.91 Å². The van der Waals surface area contributed by atoms with Gasteiger partial charge in [-0.3, -0.25) is 4.79 Å². The zero-order valence-corrected chi connectivity index (χ0v) is 10.4. The van der Waals surface area contributed by atoms with Gasteiger partial charge in [-0.15, -0.1) is 0 Å². The third kappa shape index (κ3) is 3.76. The zero-order valence-electron chi connectivity index (χ0n) is 10.4. The highest BCUT2D eigenvalue weighted by molar-refractivity contribution is 5.79. The van der Waals surface area contributed by atoms with E-state index in [1.165, 1.54) is 0 Å². The molecule has 0 bridgehead atoms. The summed E-state index contributed by atoms with van der Waals surface area (Å²) >= 11 is 0. The molecule has 3 N–H and O–H groups in total. The molecule has 0 spiro atoms. The number of nitrogens with one attached hydrogen (secondary N) is 2. The second-order valence-corrected chi connectivity index (χ2v) is 4.69. The van der Waals surface area contributed by atoms with Crippen LogP contribution in [0.5, 0.6) is 0 Å². The maximum Gasteiger partial charge on any atom is 0.224 e. The largest absolute Gasteiger partial charge is 0.388 e. The summed E-state index contributed by atoms with van der Waals surface area (Å²) in [4.78, 5) is 11.8. The molecule has 1 saturated heterocycles. The molecule has 0 radical (unpaired) electrons. The lowest BCUT2D eigenvalue weighted by Crippen LogP contribution is -2.46. The maximum atomic E-state index is 11.8. The number of hydrogen-bond acceptors (Lipinski definition) is 3. The summed E-state index contributed by atoms with van der Waals surface area (Å²) in [6.07, 6.45) is 3.36. The number of carbonyl (C=O) groups is 1. The molecule has 1 amide bonds. The van der Waals surface area contributed by atoms with Crippen molar-refractivity contribution in [3.63, 3.8) is 0 Å². The molecule has 0 aliphatic carbocycles. The van der Waals surface area contributed by atoms with Crippen LogP contribution in [0.3, 0.4) is 0 Å². The van der Waals surface area contributed by atoms with Gasteiger partial charge in [0.15, 0.2) is 0 Å². The number of amides is 1. The van der Waals surface area contributed by atoms with Gasteiger partial charge >= 0.3 is 0 Å². The second kappa shape index (κ2) is 6.21. The molecule has 94 valence electrons. The zero-order chi connectivity index (χ0) is 12.0. The van der Waals surface area contributed by atoms with Crippen molar-refractivity contribution in [3.8, 4) is 0 Å². The second-order valence-electron chi connectivity index (χ2n) is 4.69. The fraction of sp³-hybridized carbons (Fsp3) is 0.917. The Morgan fingerprint density at radius 2 is 2.19 bits per heavy atom. The quantitative estimate of drug-likeness (QED) is 0.647. The third-order valence-electron chi connectivity index (χ3n) is 3.58. The molecule has 1 fully saturated rings. The highest BCUT2D eigenvalue weighted by atomic mass is 16.3. The van der Waals surface area contributed by atoms with E-state index >= 15 is 0 Å². The summed E-state index contributed by atoms with van der Waals surface area (Å²) in [5, 5.41) is 16.1. The van der Waals surface area contributed by atoms with Crippen LogP contribution in [0, 0.1) is 5.92 Å². The molecular formula is C12H24N2O2. The van der Waals surface area contributed by atoms with E-state index in [9.17, 15) is 9.90 Å². The molecule has 0 saturated carbocycles. The first kappa shape index (κ1) is 13.5. The normalized spacial score (nSPS) is 21.8. The highest BCUT2D eigenvalue weighted by Crippen LogP contribution is 2.14. The molecule has 0 aromatic rings. The van der Waals surface area contributed by atoms with Gasteiger partial charge in [0.05, 0.1) is 11.5 Å². The van der Waals surface area contributed by atoms with Crippen LogP contribution in [0.1, 0.15) is 39.5 Å². The minimum absolute atomic E-state index is 0.0757. The minimum Gasteiger partial charge on any atom is -0.388 e. The van der Waals surface area contributed by atoms with Crippen LogP contribution in [0.25, 0.3) is 0 Å². The first-order valence-electron chi connectivity index (χ1n) is 6.32. The number of carbonyl (C=O) groups excluding carboxylic acids is 1. The Morgan fingerprint density at radius 3 is 2.69 bits per heavy atom. The SMILES string of the molecule is CCC(O)(CC)CNC(=O)[C@@H]1CCCNC1. The Balaban J connectivity index is 2.33. The van der Waals surface area contributed by atoms with Crippen LogP contribution in [0.2, 0.25) is 0 Å². The number of rotatable bonds is 5. The van der Waals surface area contributed by atoms with E-state index < -0.39 is 5.60 Å². The van der Waals surface area contributed by atoms with E-state index in [4.69, 9.17) is 0 Å².